The molecule has 6 nitrogen and oxygen atoms in total. The summed E-state index contributed by atoms with van der Waals surface area (Å²) in [5.74, 6) is 0.750. The van der Waals surface area contributed by atoms with Gasteiger partial charge in [-0.05, 0) is 32.4 Å². The van der Waals surface area contributed by atoms with E-state index in [0.29, 0.717) is 24.5 Å². The molecule has 106 valence electrons. The van der Waals surface area contributed by atoms with Crippen molar-refractivity contribution in [1.29, 1.82) is 0 Å². The van der Waals surface area contributed by atoms with Crippen LogP contribution in [0.4, 0.5) is 5.82 Å². The Morgan fingerprint density at radius 3 is 2.84 bits per heavy atom. The minimum Gasteiger partial charge on any atom is -0.409 e. The highest BCUT2D eigenvalue weighted by atomic mass is 16.5. The molecule has 0 aliphatic carbocycles. The third kappa shape index (κ3) is 4.10. The topological polar surface area (TPSA) is 84.0 Å². The molecule has 1 aromatic rings. The predicted molar refractivity (Wildman–Crippen MR) is 75.8 cm³/mol. The van der Waals surface area contributed by atoms with Gasteiger partial charge in [-0.1, -0.05) is 5.16 Å². The minimum absolute atomic E-state index is 0.0669. The fourth-order valence-electron chi connectivity index (χ4n) is 1.73. The number of hydrogen-bond donors (Lipinski definition) is 2. The van der Waals surface area contributed by atoms with Gasteiger partial charge in [0, 0.05) is 19.8 Å². The SMILES string of the molecule is Cc1ccnc(N(C)CCOC(C)C)c1/C(N)=N/O. The largest absolute Gasteiger partial charge is 0.409 e. The van der Waals surface area contributed by atoms with Gasteiger partial charge in [-0.15, -0.1) is 0 Å². The third-order valence-corrected chi connectivity index (χ3v) is 2.74. The molecule has 0 aromatic carbocycles. The van der Waals surface area contributed by atoms with Crippen LogP contribution in [0.5, 0.6) is 0 Å². The number of ether oxygens (including phenoxy) is 1. The van der Waals surface area contributed by atoms with Crippen LogP contribution in [0, 0.1) is 6.92 Å². The average molecular weight is 266 g/mol. The van der Waals surface area contributed by atoms with Crippen molar-refractivity contribution in [3.8, 4) is 0 Å². The Morgan fingerprint density at radius 2 is 2.26 bits per heavy atom. The Hall–Kier alpha value is -1.82. The van der Waals surface area contributed by atoms with E-state index in [0.717, 1.165) is 5.56 Å². The third-order valence-electron chi connectivity index (χ3n) is 2.74. The number of rotatable bonds is 6. The van der Waals surface area contributed by atoms with Crippen LogP contribution in [-0.2, 0) is 4.74 Å². The normalized spacial score (nSPS) is 11.9. The minimum atomic E-state index is 0.0669. The molecule has 0 spiro atoms. The number of nitrogens with two attached hydrogens (primary N) is 1. The smallest absolute Gasteiger partial charge is 0.174 e. The molecule has 0 unspecified atom stereocenters. The van der Waals surface area contributed by atoms with Gasteiger partial charge < -0.3 is 20.6 Å². The first kappa shape index (κ1) is 15.2. The molecule has 6 heteroatoms. The van der Waals surface area contributed by atoms with E-state index in [2.05, 4.69) is 10.1 Å². The molecule has 0 bridgehead atoms. The van der Waals surface area contributed by atoms with Crippen LogP contribution < -0.4 is 10.6 Å². The average Bonchev–Trinajstić information content (AvgIpc) is 2.37. The zero-order valence-electron chi connectivity index (χ0n) is 11.9. The molecular formula is C13H22N4O2. The summed E-state index contributed by atoms with van der Waals surface area (Å²) in [5, 5.41) is 11.9. The second-order valence-electron chi connectivity index (χ2n) is 4.65. The molecule has 0 amide bonds. The van der Waals surface area contributed by atoms with Crippen molar-refractivity contribution >= 4 is 11.7 Å². The first-order valence-electron chi connectivity index (χ1n) is 6.23. The molecule has 1 rings (SSSR count). The zero-order chi connectivity index (χ0) is 14.4. The fraction of sp³-hybridized carbons (Fsp3) is 0.538. The van der Waals surface area contributed by atoms with E-state index in [4.69, 9.17) is 15.7 Å². The quantitative estimate of drug-likeness (QED) is 0.351. The van der Waals surface area contributed by atoms with Gasteiger partial charge in [0.1, 0.15) is 5.82 Å². The van der Waals surface area contributed by atoms with Crippen LogP contribution in [-0.4, -0.2) is 42.3 Å². The lowest BCUT2D eigenvalue weighted by Crippen LogP contribution is -2.28. The first-order chi connectivity index (χ1) is 8.97. The summed E-state index contributed by atoms with van der Waals surface area (Å²) in [5.41, 5.74) is 7.28. The molecular weight excluding hydrogens is 244 g/mol. The number of amidine groups is 1. The molecule has 0 aliphatic rings. The van der Waals surface area contributed by atoms with Crippen molar-refractivity contribution in [3.05, 3.63) is 23.4 Å². The van der Waals surface area contributed by atoms with Gasteiger partial charge in [-0.2, -0.15) is 0 Å². The van der Waals surface area contributed by atoms with Crippen LogP contribution in [0.3, 0.4) is 0 Å². The summed E-state index contributed by atoms with van der Waals surface area (Å²) in [6.07, 6.45) is 1.90. The second-order valence-corrected chi connectivity index (χ2v) is 4.65. The van der Waals surface area contributed by atoms with Gasteiger partial charge in [-0.25, -0.2) is 4.98 Å². The number of oxime groups is 1. The lowest BCUT2D eigenvalue weighted by molar-refractivity contribution is 0.0845. The van der Waals surface area contributed by atoms with Crippen LogP contribution in [0.2, 0.25) is 0 Å². The van der Waals surface area contributed by atoms with Crippen molar-refractivity contribution in [2.24, 2.45) is 10.9 Å². The number of pyridine rings is 1. The van der Waals surface area contributed by atoms with Gasteiger partial charge in [0.15, 0.2) is 5.84 Å². The highest BCUT2D eigenvalue weighted by molar-refractivity contribution is 6.02. The Bertz CT molecular complexity index is 446. The van der Waals surface area contributed by atoms with Crippen molar-refractivity contribution in [3.63, 3.8) is 0 Å². The van der Waals surface area contributed by atoms with Gasteiger partial charge in [0.05, 0.1) is 18.3 Å². The van der Waals surface area contributed by atoms with Crippen LogP contribution in [0.25, 0.3) is 0 Å². The highest BCUT2D eigenvalue weighted by Gasteiger charge is 2.15. The first-order valence-corrected chi connectivity index (χ1v) is 6.23. The molecule has 0 radical (unpaired) electrons. The Morgan fingerprint density at radius 1 is 1.58 bits per heavy atom. The molecule has 0 atom stereocenters. The molecule has 0 aliphatic heterocycles. The number of aromatic nitrogens is 1. The van der Waals surface area contributed by atoms with E-state index < -0.39 is 0 Å². The predicted octanol–water partition coefficient (Wildman–Crippen LogP) is 1.35. The summed E-state index contributed by atoms with van der Waals surface area (Å²) < 4.78 is 5.51. The monoisotopic (exact) mass is 266 g/mol. The van der Waals surface area contributed by atoms with Crippen molar-refractivity contribution in [2.75, 3.05) is 25.1 Å². The fourth-order valence-corrected chi connectivity index (χ4v) is 1.73. The van der Waals surface area contributed by atoms with Crippen molar-refractivity contribution in [1.82, 2.24) is 4.98 Å². The Kier molecular flexibility index (Phi) is 5.57. The number of anilines is 1. The summed E-state index contributed by atoms with van der Waals surface area (Å²) in [7, 11) is 1.90. The van der Waals surface area contributed by atoms with E-state index in [1.54, 1.807) is 6.20 Å². The van der Waals surface area contributed by atoms with Crippen LogP contribution in [0.15, 0.2) is 17.4 Å². The van der Waals surface area contributed by atoms with Gasteiger partial charge in [0.25, 0.3) is 0 Å². The lowest BCUT2D eigenvalue weighted by atomic mass is 10.1. The number of aryl methyl sites for hydroxylation is 1. The van der Waals surface area contributed by atoms with E-state index in [1.807, 2.05) is 38.8 Å². The summed E-state index contributed by atoms with van der Waals surface area (Å²) in [6.45, 7) is 7.16. The number of hydrogen-bond acceptors (Lipinski definition) is 5. The van der Waals surface area contributed by atoms with Crippen LogP contribution in [0.1, 0.15) is 25.0 Å². The van der Waals surface area contributed by atoms with Crippen molar-refractivity contribution < 1.29 is 9.94 Å². The van der Waals surface area contributed by atoms with Gasteiger partial charge in [0.2, 0.25) is 0 Å². The maximum Gasteiger partial charge on any atom is 0.174 e. The standard InChI is InChI=1S/C13H22N4O2/c1-9(2)19-8-7-17(4)13-11(12(14)16-18)10(3)5-6-15-13/h5-6,9,18H,7-8H2,1-4H3,(H2,14,16). The Balaban J connectivity index is 2.90. The molecule has 1 aromatic heterocycles. The molecule has 3 N–H and O–H groups in total. The molecule has 0 saturated carbocycles. The van der Waals surface area contributed by atoms with E-state index in [9.17, 15) is 0 Å². The summed E-state index contributed by atoms with van der Waals surface area (Å²) in [6, 6.07) is 1.83. The molecule has 0 fully saturated rings. The van der Waals surface area contributed by atoms with Gasteiger partial charge in [-0.3, -0.25) is 0 Å². The van der Waals surface area contributed by atoms with Gasteiger partial charge >= 0.3 is 0 Å². The summed E-state index contributed by atoms with van der Waals surface area (Å²) in [4.78, 5) is 6.24. The van der Waals surface area contributed by atoms with Crippen molar-refractivity contribution in [2.45, 2.75) is 26.9 Å². The maximum atomic E-state index is 8.86. The zero-order valence-corrected chi connectivity index (χ0v) is 11.9. The molecule has 0 saturated heterocycles. The maximum absolute atomic E-state index is 8.86. The number of nitrogens with zero attached hydrogens (tertiary/aromatic N) is 3. The van der Waals surface area contributed by atoms with Crippen LogP contribution >= 0.6 is 0 Å². The van der Waals surface area contributed by atoms with E-state index in [1.165, 1.54) is 0 Å². The van der Waals surface area contributed by atoms with E-state index in [-0.39, 0.29) is 11.9 Å². The summed E-state index contributed by atoms with van der Waals surface area (Å²) >= 11 is 0. The highest BCUT2D eigenvalue weighted by Crippen LogP contribution is 2.19. The second kappa shape index (κ2) is 6.94. The van der Waals surface area contributed by atoms with E-state index >= 15 is 0 Å². The molecule has 1 heterocycles. The lowest BCUT2D eigenvalue weighted by Gasteiger charge is -2.22. The number of likely N-dealkylation sites (N-methyl/N-ethyl adjacent to an activating group) is 1. The molecule has 19 heavy (non-hydrogen) atoms. The Labute approximate surface area is 113 Å².